The number of ketones is 1. The summed E-state index contributed by atoms with van der Waals surface area (Å²) in [5, 5.41) is 4.58. The molecule has 21 heavy (non-hydrogen) atoms. The molecule has 5 nitrogen and oxygen atoms in total. The van der Waals surface area contributed by atoms with Gasteiger partial charge in [-0.15, -0.1) is 0 Å². The van der Waals surface area contributed by atoms with Gasteiger partial charge in [-0.3, -0.25) is 9.48 Å². The molecular formula is C16H27N3O2. The van der Waals surface area contributed by atoms with Crippen molar-refractivity contribution in [1.29, 1.82) is 0 Å². The molecule has 0 aliphatic carbocycles. The summed E-state index contributed by atoms with van der Waals surface area (Å²) in [7, 11) is 0. The number of nitrogens with two attached hydrogens (primary N) is 1. The Kier molecular flexibility index (Phi) is 5.53. The van der Waals surface area contributed by atoms with E-state index in [0.717, 1.165) is 31.4 Å². The minimum Gasteiger partial charge on any atom is -0.381 e. The molecule has 1 aliphatic rings. The first-order valence-corrected chi connectivity index (χ1v) is 8.00. The summed E-state index contributed by atoms with van der Waals surface area (Å²) in [5.41, 5.74) is 6.33. The molecule has 0 bridgehead atoms. The monoisotopic (exact) mass is 293 g/mol. The van der Waals surface area contributed by atoms with Gasteiger partial charge in [0.05, 0.1) is 18.2 Å². The van der Waals surface area contributed by atoms with Gasteiger partial charge in [-0.2, -0.15) is 5.10 Å². The maximum Gasteiger partial charge on any atom is 0.146 e. The number of carbonyl (C=O) groups excluding carboxylic acids is 1. The van der Waals surface area contributed by atoms with Gasteiger partial charge in [0.15, 0.2) is 0 Å². The molecule has 1 fully saturated rings. The Morgan fingerprint density at radius 2 is 2.10 bits per heavy atom. The highest BCUT2D eigenvalue weighted by Crippen LogP contribution is 2.31. The summed E-state index contributed by atoms with van der Waals surface area (Å²) in [6.45, 7) is 5.98. The number of hydrogen-bond acceptors (Lipinski definition) is 4. The molecule has 0 saturated carbocycles. The molecule has 5 heteroatoms. The molecule has 118 valence electrons. The summed E-state index contributed by atoms with van der Waals surface area (Å²) in [4.78, 5) is 12.7. The smallest absolute Gasteiger partial charge is 0.146 e. The summed E-state index contributed by atoms with van der Waals surface area (Å²) in [5.74, 6) is 0.211. The van der Waals surface area contributed by atoms with Crippen molar-refractivity contribution >= 4 is 5.78 Å². The van der Waals surface area contributed by atoms with E-state index in [4.69, 9.17) is 10.5 Å². The van der Waals surface area contributed by atoms with Crippen molar-refractivity contribution in [2.24, 2.45) is 11.1 Å². The van der Waals surface area contributed by atoms with Crippen LogP contribution in [-0.4, -0.2) is 35.3 Å². The fourth-order valence-electron chi connectivity index (χ4n) is 3.05. The van der Waals surface area contributed by atoms with E-state index in [2.05, 4.69) is 18.9 Å². The van der Waals surface area contributed by atoms with Gasteiger partial charge in [0.1, 0.15) is 5.78 Å². The first-order valence-electron chi connectivity index (χ1n) is 8.00. The minimum absolute atomic E-state index is 0.211. The first kappa shape index (κ1) is 16.2. The van der Waals surface area contributed by atoms with Gasteiger partial charge in [-0.05, 0) is 31.7 Å². The van der Waals surface area contributed by atoms with Gasteiger partial charge in [0, 0.05) is 31.4 Å². The van der Waals surface area contributed by atoms with Crippen LogP contribution >= 0.6 is 0 Å². The van der Waals surface area contributed by atoms with E-state index in [0.29, 0.717) is 32.2 Å². The zero-order valence-electron chi connectivity index (χ0n) is 13.2. The Balaban J connectivity index is 2.05. The van der Waals surface area contributed by atoms with Crippen LogP contribution in [0.15, 0.2) is 12.3 Å². The second kappa shape index (κ2) is 7.18. The number of Topliss-reactive ketones (excluding diaryl/α,β-unsaturated/α-hetero) is 1. The Morgan fingerprint density at radius 3 is 2.67 bits per heavy atom. The fourth-order valence-corrected chi connectivity index (χ4v) is 3.05. The van der Waals surface area contributed by atoms with Crippen LogP contribution in [0.5, 0.6) is 0 Å². The molecule has 0 amide bonds. The van der Waals surface area contributed by atoms with E-state index in [1.165, 1.54) is 0 Å². The Bertz CT molecular complexity index is 460. The van der Waals surface area contributed by atoms with Crippen LogP contribution in [0, 0.1) is 5.41 Å². The lowest BCUT2D eigenvalue weighted by Gasteiger charge is -2.34. The minimum atomic E-state index is -0.406. The lowest BCUT2D eigenvalue weighted by Crippen LogP contribution is -2.44. The second-order valence-electron chi connectivity index (χ2n) is 5.95. The SMILES string of the molecule is CCC(CC)n1ccc(CC(=O)C2(CN)CCOCC2)n1. The zero-order chi connectivity index (χ0) is 15.3. The summed E-state index contributed by atoms with van der Waals surface area (Å²) in [6.07, 6.45) is 5.93. The van der Waals surface area contributed by atoms with Crippen LogP contribution < -0.4 is 5.73 Å². The predicted octanol–water partition coefficient (Wildman–Crippen LogP) is 2.11. The second-order valence-corrected chi connectivity index (χ2v) is 5.95. The Hall–Kier alpha value is -1.20. The van der Waals surface area contributed by atoms with Gasteiger partial charge in [0.25, 0.3) is 0 Å². The standard InChI is InChI=1S/C16H27N3O2/c1-3-14(4-2)19-8-5-13(18-19)11-15(20)16(12-17)6-9-21-10-7-16/h5,8,14H,3-4,6-7,9-12,17H2,1-2H3. The molecule has 0 atom stereocenters. The van der Waals surface area contributed by atoms with E-state index in [-0.39, 0.29) is 5.78 Å². The van der Waals surface area contributed by atoms with E-state index in [9.17, 15) is 4.79 Å². The van der Waals surface area contributed by atoms with Crippen molar-refractivity contribution in [2.75, 3.05) is 19.8 Å². The highest BCUT2D eigenvalue weighted by Gasteiger charge is 2.38. The molecule has 1 aliphatic heterocycles. The zero-order valence-corrected chi connectivity index (χ0v) is 13.2. The molecule has 1 aromatic rings. The third kappa shape index (κ3) is 3.52. The molecule has 0 spiro atoms. The molecular weight excluding hydrogens is 266 g/mol. The van der Waals surface area contributed by atoms with Crippen molar-refractivity contribution in [3.63, 3.8) is 0 Å². The molecule has 2 N–H and O–H groups in total. The van der Waals surface area contributed by atoms with Gasteiger partial charge >= 0.3 is 0 Å². The maximum absolute atomic E-state index is 12.7. The lowest BCUT2D eigenvalue weighted by atomic mass is 9.75. The number of ether oxygens (including phenoxy) is 1. The molecule has 1 aromatic heterocycles. The lowest BCUT2D eigenvalue weighted by molar-refractivity contribution is -0.132. The third-order valence-electron chi connectivity index (χ3n) is 4.75. The highest BCUT2D eigenvalue weighted by atomic mass is 16.5. The summed E-state index contributed by atoms with van der Waals surface area (Å²) < 4.78 is 7.35. The summed E-state index contributed by atoms with van der Waals surface area (Å²) >= 11 is 0. The molecule has 2 rings (SSSR count). The molecule has 0 radical (unpaired) electrons. The molecule has 1 saturated heterocycles. The van der Waals surface area contributed by atoms with E-state index in [1.807, 2.05) is 16.9 Å². The number of aromatic nitrogens is 2. The molecule has 0 aromatic carbocycles. The Morgan fingerprint density at radius 1 is 1.43 bits per heavy atom. The van der Waals surface area contributed by atoms with Crippen molar-refractivity contribution in [3.05, 3.63) is 18.0 Å². The number of hydrogen-bond donors (Lipinski definition) is 1. The average Bonchev–Trinajstić information content (AvgIpc) is 2.97. The topological polar surface area (TPSA) is 70.1 Å². The highest BCUT2D eigenvalue weighted by molar-refractivity contribution is 5.86. The average molecular weight is 293 g/mol. The van der Waals surface area contributed by atoms with Crippen molar-refractivity contribution in [2.45, 2.75) is 52.0 Å². The van der Waals surface area contributed by atoms with Gasteiger partial charge in [-0.25, -0.2) is 0 Å². The van der Waals surface area contributed by atoms with Gasteiger partial charge in [-0.1, -0.05) is 13.8 Å². The van der Waals surface area contributed by atoms with Crippen LogP contribution in [0.4, 0.5) is 0 Å². The summed E-state index contributed by atoms with van der Waals surface area (Å²) in [6, 6.07) is 2.38. The Labute approximate surface area is 126 Å². The fraction of sp³-hybridized carbons (Fsp3) is 0.750. The number of nitrogens with zero attached hydrogens (tertiary/aromatic N) is 2. The quantitative estimate of drug-likeness (QED) is 0.836. The van der Waals surface area contributed by atoms with Crippen LogP contribution in [-0.2, 0) is 16.0 Å². The van der Waals surface area contributed by atoms with E-state index >= 15 is 0 Å². The van der Waals surface area contributed by atoms with Crippen LogP contribution in [0.25, 0.3) is 0 Å². The van der Waals surface area contributed by atoms with Crippen LogP contribution in [0.1, 0.15) is 51.3 Å². The van der Waals surface area contributed by atoms with Gasteiger partial charge in [0.2, 0.25) is 0 Å². The third-order valence-corrected chi connectivity index (χ3v) is 4.75. The molecule has 0 unspecified atom stereocenters. The number of carbonyl (C=O) groups is 1. The number of rotatable bonds is 7. The molecule has 2 heterocycles. The van der Waals surface area contributed by atoms with Crippen LogP contribution in [0.3, 0.4) is 0 Å². The van der Waals surface area contributed by atoms with E-state index < -0.39 is 5.41 Å². The first-order chi connectivity index (χ1) is 10.1. The van der Waals surface area contributed by atoms with Crippen molar-refractivity contribution < 1.29 is 9.53 Å². The van der Waals surface area contributed by atoms with Crippen molar-refractivity contribution in [1.82, 2.24) is 9.78 Å². The van der Waals surface area contributed by atoms with E-state index in [1.54, 1.807) is 0 Å². The van der Waals surface area contributed by atoms with Gasteiger partial charge < -0.3 is 10.5 Å². The predicted molar refractivity (Wildman–Crippen MR) is 82.1 cm³/mol. The maximum atomic E-state index is 12.7. The van der Waals surface area contributed by atoms with Crippen LogP contribution in [0.2, 0.25) is 0 Å². The largest absolute Gasteiger partial charge is 0.381 e. The van der Waals surface area contributed by atoms with Crippen molar-refractivity contribution in [3.8, 4) is 0 Å². The normalized spacial score (nSPS) is 18.1.